The number of sulfonamides is 1. The van der Waals surface area contributed by atoms with Crippen LogP contribution in [0.4, 0.5) is 11.5 Å². The summed E-state index contributed by atoms with van der Waals surface area (Å²) in [5.41, 5.74) is 6.60. The van der Waals surface area contributed by atoms with E-state index in [2.05, 4.69) is 19.7 Å². The number of aromatic nitrogens is 4. The van der Waals surface area contributed by atoms with Crippen LogP contribution in [-0.2, 0) is 17.1 Å². The second kappa shape index (κ2) is 4.38. The van der Waals surface area contributed by atoms with E-state index in [1.807, 2.05) is 0 Å². The molecule has 0 unspecified atom stereocenters. The molecule has 0 bridgehead atoms. The average Bonchev–Trinajstić information content (AvgIpc) is 2.90. The molecule has 21 heavy (non-hydrogen) atoms. The van der Waals surface area contributed by atoms with Crippen molar-refractivity contribution in [1.82, 2.24) is 19.5 Å². The SMILES string of the molecule is Cn1cnc(N)c1S(=O)(=O)Nc1ccc2[nH]c(=O)[nH]c2c1. The molecule has 2 heterocycles. The molecule has 0 radical (unpaired) electrons. The minimum Gasteiger partial charge on any atom is -0.381 e. The van der Waals surface area contributed by atoms with Crippen molar-refractivity contribution in [2.45, 2.75) is 5.03 Å². The molecule has 0 atom stereocenters. The van der Waals surface area contributed by atoms with Gasteiger partial charge >= 0.3 is 5.69 Å². The van der Waals surface area contributed by atoms with Gasteiger partial charge in [-0.2, -0.15) is 8.42 Å². The van der Waals surface area contributed by atoms with Crippen molar-refractivity contribution in [2.75, 3.05) is 10.5 Å². The third-order valence-corrected chi connectivity index (χ3v) is 4.44. The lowest BCUT2D eigenvalue weighted by atomic mass is 10.3. The monoisotopic (exact) mass is 308 g/mol. The highest BCUT2D eigenvalue weighted by Crippen LogP contribution is 2.21. The maximum absolute atomic E-state index is 12.3. The summed E-state index contributed by atoms with van der Waals surface area (Å²) in [5, 5.41) is -0.120. The van der Waals surface area contributed by atoms with Gasteiger partial charge in [0.1, 0.15) is 0 Å². The van der Waals surface area contributed by atoms with Gasteiger partial charge in [0.15, 0.2) is 10.8 Å². The van der Waals surface area contributed by atoms with Crippen molar-refractivity contribution < 1.29 is 8.42 Å². The van der Waals surface area contributed by atoms with Crippen LogP contribution >= 0.6 is 0 Å². The van der Waals surface area contributed by atoms with Gasteiger partial charge in [0.05, 0.1) is 23.0 Å². The van der Waals surface area contributed by atoms with Crippen LogP contribution in [0.3, 0.4) is 0 Å². The number of nitrogens with two attached hydrogens (primary N) is 1. The van der Waals surface area contributed by atoms with E-state index in [0.717, 1.165) is 0 Å². The number of hydrogen-bond acceptors (Lipinski definition) is 5. The number of nitrogens with zero attached hydrogens (tertiary/aromatic N) is 2. The van der Waals surface area contributed by atoms with Crippen LogP contribution in [-0.4, -0.2) is 27.9 Å². The summed E-state index contributed by atoms with van der Waals surface area (Å²) < 4.78 is 28.3. The number of rotatable bonds is 3. The maximum Gasteiger partial charge on any atom is 0.323 e. The predicted molar refractivity (Wildman–Crippen MR) is 77.3 cm³/mol. The molecule has 0 spiro atoms. The number of imidazole rings is 2. The Morgan fingerprint density at radius 3 is 2.67 bits per heavy atom. The fraction of sp³-hybridized carbons (Fsp3) is 0.0909. The van der Waals surface area contributed by atoms with Crippen LogP contribution in [0.5, 0.6) is 0 Å². The van der Waals surface area contributed by atoms with E-state index in [1.54, 1.807) is 6.07 Å². The fourth-order valence-electron chi connectivity index (χ4n) is 2.06. The van der Waals surface area contributed by atoms with Crippen molar-refractivity contribution >= 4 is 32.6 Å². The van der Waals surface area contributed by atoms with Crippen LogP contribution in [0.15, 0.2) is 34.3 Å². The van der Waals surface area contributed by atoms with Gasteiger partial charge in [0.25, 0.3) is 10.0 Å². The van der Waals surface area contributed by atoms with E-state index in [0.29, 0.717) is 16.7 Å². The topological polar surface area (TPSA) is 139 Å². The van der Waals surface area contributed by atoms with Crippen LogP contribution in [0.2, 0.25) is 0 Å². The largest absolute Gasteiger partial charge is 0.381 e. The molecule has 3 aromatic rings. The van der Waals surface area contributed by atoms with Crippen LogP contribution < -0.4 is 16.1 Å². The Kier molecular flexibility index (Phi) is 2.76. The number of aryl methyl sites for hydroxylation is 1. The second-order valence-electron chi connectivity index (χ2n) is 4.49. The van der Waals surface area contributed by atoms with E-state index in [9.17, 15) is 13.2 Å². The minimum atomic E-state index is -3.87. The summed E-state index contributed by atoms with van der Waals surface area (Å²) >= 11 is 0. The third kappa shape index (κ3) is 2.25. The molecular formula is C11H12N6O3S. The Morgan fingerprint density at radius 1 is 1.29 bits per heavy atom. The Hall–Kier alpha value is -2.75. The van der Waals surface area contributed by atoms with Gasteiger partial charge in [-0.25, -0.2) is 9.78 Å². The summed E-state index contributed by atoms with van der Waals surface area (Å²) in [6, 6.07) is 4.64. The van der Waals surface area contributed by atoms with Crippen molar-refractivity contribution in [3.05, 3.63) is 35.0 Å². The Morgan fingerprint density at radius 2 is 2.00 bits per heavy atom. The molecule has 0 aliphatic carbocycles. The Balaban J connectivity index is 2.03. The molecule has 2 aromatic heterocycles. The zero-order valence-electron chi connectivity index (χ0n) is 10.9. The molecule has 0 fully saturated rings. The highest BCUT2D eigenvalue weighted by molar-refractivity contribution is 7.92. The van der Waals surface area contributed by atoms with Crippen molar-refractivity contribution in [3.63, 3.8) is 0 Å². The number of fused-ring (bicyclic) bond motifs is 1. The van der Waals surface area contributed by atoms with Gasteiger partial charge in [-0.1, -0.05) is 0 Å². The summed E-state index contributed by atoms with van der Waals surface area (Å²) in [5.74, 6) is -0.0823. The van der Waals surface area contributed by atoms with Crippen LogP contribution in [0, 0.1) is 0 Å². The lowest BCUT2D eigenvalue weighted by Crippen LogP contribution is -2.17. The van der Waals surface area contributed by atoms with Gasteiger partial charge in [0.2, 0.25) is 0 Å². The molecule has 0 saturated heterocycles. The molecular weight excluding hydrogens is 296 g/mol. The number of nitrogen functional groups attached to an aromatic ring is 1. The molecule has 0 amide bonds. The predicted octanol–water partition coefficient (Wildman–Crippen LogP) is -0.0273. The minimum absolute atomic E-state index is 0.0823. The Labute approximate surface area is 118 Å². The van der Waals surface area contributed by atoms with Gasteiger partial charge in [-0.3, -0.25) is 4.72 Å². The van der Waals surface area contributed by atoms with Gasteiger partial charge in [-0.15, -0.1) is 0 Å². The molecule has 0 aliphatic rings. The van der Waals surface area contributed by atoms with Crippen LogP contribution in [0.1, 0.15) is 0 Å². The first-order valence-electron chi connectivity index (χ1n) is 5.88. The zero-order valence-corrected chi connectivity index (χ0v) is 11.7. The number of aromatic amines is 2. The standard InChI is InChI=1S/C11H12N6O3S/c1-17-5-13-9(12)10(17)21(19,20)16-6-2-3-7-8(4-6)15-11(18)14-7/h2-5,16H,12H2,1H3,(H2,14,15,18). The van der Waals surface area contributed by atoms with Gasteiger partial charge in [0, 0.05) is 7.05 Å². The van der Waals surface area contributed by atoms with E-state index < -0.39 is 10.0 Å². The summed E-state index contributed by atoms with van der Waals surface area (Å²) in [4.78, 5) is 20.1. The summed E-state index contributed by atoms with van der Waals surface area (Å²) in [6.07, 6.45) is 1.32. The Bertz CT molecular complexity index is 961. The van der Waals surface area contributed by atoms with Gasteiger partial charge < -0.3 is 20.3 Å². The van der Waals surface area contributed by atoms with Crippen LogP contribution in [0.25, 0.3) is 11.0 Å². The fourth-order valence-corrected chi connectivity index (χ4v) is 3.35. The maximum atomic E-state index is 12.3. The molecule has 5 N–H and O–H groups in total. The first-order chi connectivity index (χ1) is 9.87. The quantitative estimate of drug-likeness (QED) is 0.538. The lowest BCUT2D eigenvalue weighted by molar-refractivity contribution is 0.592. The molecule has 0 aliphatic heterocycles. The lowest BCUT2D eigenvalue weighted by Gasteiger charge is -2.09. The summed E-state index contributed by atoms with van der Waals surface area (Å²) in [7, 11) is -2.34. The second-order valence-corrected chi connectivity index (χ2v) is 6.09. The average molecular weight is 308 g/mol. The third-order valence-electron chi connectivity index (χ3n) is 2.93. The number of nitrogens with one attached hydrogen (secondary N) is 3. The first-order valence-corrected chi connectivity index (χ1v) is 7.37. The molecule has 1 aromatic carbocycles. The van der Waals surface area contributed by atoms with E-state index in [-0.39, 0.29) is 16.5 Å². The molecule has 0 saturated carbocycles. The number of benzene rings is 1. The van der Waals surface area contributed by atoms with E-state index in [4.69, 9.17) is 5.73 Å². The molecule has 9 nitrogen and oxygen atoms in total. The number of anilines is 2. The smallest absolute Gasteiger partial charge is 0.323 e. The molecule has 10 heteroatoms. The molecule has 3 rings (SSSR count). The summed E-state index contributed by atoms with van der Waals surface area (Å²) in [6.45, 7) is 0. The van der Waals surface area contributed by atoms with Gasteiger partial charge in [-0.05, 0) is 18.2 Å². The van der Waals surface area contributed by atoms with Crippen molar-refractivity contribution in [2.24, 2.45) is 7.05 Å². The normalized spacial score (nSPS) is 11.9. The van der Waals surface area contributed by atoms with E-state index >= 15 is 0 Å². The van der Waals surface area contributed by atoms with Crippen molar-refractivity contribution in [1.29, 1.82) is 0 Å². The number of H-pyrrole nitrogens is 2. The molecule has 110 valence electrons. The van der Waals surface area contributed by atoms with E-state index in [1.165, 1.54) is 30.1 Å². The zero-order chi connectivity index (χ0) is 15.2. The van der Waals surface area contributed by atoms with Crippen molar-refractivity contribution in [3.8, 4) is 0 Å². The highest BCUT2D eigenvalue weighted by atomic mass is 32.2. The first kappa shape index (κ1) is 13.2. The highest BCUT2D eigenvalue weighted by Gasteiger charge is 2.22. The number of hydrogen-bond donors (Lipinski definition) is 4.